The Morgan fingerprint density at radius 3 is 2.27 bits per heavy atom. The predicted octanol–water partition coefficient (Wildman–Crippen LogP) is 5.59. The number of hydrogen-bond donors (Lipinski definition) is 1. The zero-order chi connectivity index (χ0) is 30.2. The summed E-state index contributed by atoms with van der Waals surface area (Å²) in [5.41, 5.74) is 1.54. The second kappa shape index (κ2) is 14.8. The molecule has 3 aromatic carbocycles. The van der Waals surface area contributed by atoms with Gasteiger partial charge in [-0.3, -0.25) is 13.9 Å². The molecular weight excluding hydrogens is 609 g/mol. The second-order valence-corrected chi connectivity index (χ2v) is 12.5. The van der Waals surface area contributed by atoms with Crippen LogP contribution < -0.4 is 14.4 Å². The van der Waals surface area contributed by atoms with Crippen LogP contribution in [0.15, 0.2) is 66.7 Å². The van der Waals surface area contributed by atoms with Gasteiger partial charge in [-0.15, -0.1) is 0 Å². The molecule has 3 rings (SSSR count). The van der Waals surface area contributed by atoms with Gasteiger partial charge in [-0.05, 0) is 47.9 Å². The molecule has 1 atom stereocenters. The second-order valence-electron chi connectivity index (χ2n) is 9.35. The average Bonchev–Trinajstić information content (AvgIpc) is 2.94. The van der Waals surface area contributed by atoms with E-state index in [1.54, 1.807) is 24.3 Å². The van der Waals surface area contributed by atoms with Gasteiger partial charge in [0.1, 0.15) is 18.3 Å². The molecule has 220 valence electrons. The van der Waals surface area contributed by atoms with E-state index in [2.05, 4.69) is 5.32 Å². The Morgan fingerprint density at radius 1 is 0.951 bits per heavy atom. The lowest BCUT2D eigenvalue weighted by molar-refractivity contribution is -0.140. The van der Waals surface area contributed by atoms with Crippen molar-refractivity contribution in [3.05, 3.63) is 92.9 Å². The number of halogens is 3. The number of carbonyl (C=O) groups excluding carboxylic acids is 2. The molecule has 1 N–H and O–H groups in total. The Hall–Kier alpha value is -2.98. The molecule has 0 fully saturated rings. The molecule has 0 aliphatic rings. The number of sulfonamides is 1. The lowest BCUT2D eigenvalue weighted by Crippen LogP contribution is -2.53. The maximum atomic E-state index is 14.1. The van der Waals surface area contributed by atoms with Gasteiger partial charge in [0, 0.05) is 24.5 Å². The molecule has 0 saturated heterocycles. The summed E-state index contributed by atoms with van der Waals surface area (Å²) in [6.45, 7) is 1.70. The Kier molecular flexibility index (Phi) is 11.7. The van der Waals surface area contributed by atoms with E-state index >= 15 is 0 Å². The molecule has 0 radical (unpaired) electrons. The topological polar surface area (TPSA) is 96.0 Å². The fourth-order valence-electron chi connectivity index (χ4n) is 4.21. The van der Waals surface area contributed by atoms with Crippen LogP contribution in [0.3, 0.4) is 0 Å². The van der Waals surface area contributed by atoms with Crippen LogP contribution in [0.25, 0.3) is 0 Å². The number of nitrogens with zero attached hydrogens (tertiary/aromatic N) is 2. The van der Waals surface area contributed by atoms with E-state index in [1.165, 1.54) is 24.1 Å². The van der Waals surface area contributed by atoms with Gasteiger partial charge in [0.2, 0.25) is 21.8 Å². The summed E-state index contributed by atoms with van der Waals surface area (Å²) in [6.07, 6.45) is 1.88. The molecule has 3 aromatic rings. The maximum Gasteiger partial charge on any atom is 0.244 e. The van der Waals surface area contributed by atoms with Crippen molar-refractivity contribution in [2.75, 3.05) is 30.8 Å². The highest BCUT2D eigenvalue weighted by molar-refractivity contribution is 7.92. The summed E-state index contributed by atoms with van der Waals surface area (Å²) in [4.78, 5) is 29.0. The molecule has 0 aliphatic carbocycles. The monoisotopic (exact) mass is 639 g/mol. The van der Waals surface area contributed by atoms with Crippen LogP contribution in [-0.4, -0.2) is 57.6 Å². The van der Waals surface area contributed by atoms with E-state index in [0.29, 0.717) is 23.6 Å². The average molecular weight is 641 g/mol. The Balaban J connectivity index is 2.10. The van der Waals surface area contributed by atoms with E-state index in [-0.39, 0.29) is 40.4 Å². The Bertz CT molecular complexity index is 1470. The Labute approximate surface area is 256 Å². The van der Waals surface area contributed by atoms with Crippen molar-refractivity contribution < 1.29 is 22.7 Å². The van der Waals surface area contributed by atoms with E-state index < -0.39 is 28.5 Å². The first-order valence-corrected chi connectivity index (χ1v) is 15.8. The number of amides is 2. The number of nitrogens with one attached hydrogen (secondary N) is 1. The van der Waals surface area contributed by atoms with Crippen molar-refractivity contribution in [1.82, 2.24) is 10.2 Å². The molecule has 2 amide bonds. The van der Waals surface area contributed by atoms with E-state index in [4.69, 9.17) is 39.5 Å². The van der Waals surface area contributed by atoms with Crippen LogP contribution in [0, 0.1) is 0 Å². The lowest BCUT2D eigenvalue weighted by atomic mass is 10.0. The van der Waals surface area contributed by atoms with Crippen LogP contribution in [0.2, 0.25) is 15.1 Å². The molecule has 0 heterocycles. The van der Waals surface area contributed by atoms with Crippen LogP contribution in [0.4, 0.5) is 5.69 Å². The number of hydrogen-bond acceptors (Lipinski definition) is 5. The Morgan fingerprint density at radius 2 is 1.66 bits per heavy atom. The van der Waals surface area contributed by atoms with Gasteiger partial charge < -0.3 is 15.0 Å². The number of rotatable bonds is 13. The van der Waals surface area contributed by atoms with E-state index in [9.17, 15) is 18.0 Å². The number of ether oxygens (including phenoxy) is 1. The normalized spacial score (nSPS) is 12.0. The zero-order valence-corrected chi connectivity index (χ0v) is 26.0. The van der Waals surface area contributed by atoms with Crippen molar-refractivity contribution in [3.63, 3.8) is 0 Å². The van der Waals surface area contributed by atoms with Gasteiger partial charge in [0.05, 0.1) is 29.1 Å². The lowest BCUT2D eigenvalue weighted by Gasteiger charge is -2.33. The third-order valence-corrected chi connectivity index (χ3v) is 8.35. The first-order chi connectivity index (χ1) is 19.4. The molecule has 0 saturated carbocycles. The highest BCUT2D eigenvalue weighted by Crippen LogP contribution is 2.33. The molecule has 8 nitrogen and oxygen atoms in total. The van der Waals surface area contributed by atoms with Crippen LogP contribution in [0.1, 0.15) is 24.5 Å². The first kappa shape index (κ1) is 32.5. The third kappa shape index (κ3) is 9.00. The molecule has 0 bridgehead atoms. The number of anilines is 1. The van der Waals surface area contributed by atoms with Gasteiger partial charge in [0.25, 0.3) is 0 Å². The first-order valence-electron chi connectivity index (χ1n) is 12.8. The highest BCUT2D eigenvalue weighted by Gasteiger charge is 2.33. The minimum absolute atomic E-state index is 0.0307. The number of methoxy groups -OCH3 is 1. The zero-order valence-electron chi connectivity index (χ0n) is 22.9. The van der Waals surface area contributed by atoms with E-state index in [0.717, 1.165) is 16.1 Å². The van der Waals surface area contributed by atoms with Crippen molar-refractivity contribution in [2.24, 2.45) is 0 Å². The van der Waals surface area contributed by atoms with Gasteiger partial charge in [0.15, 0.2) is 0 Å². The molecule has 0 spiro atoms. The standard InChI is InChI=1S/C29H32Cl3N3O5S/c1-4-14-33-29(37)26(16-20-8-6-5-7-9-20)34(18-21-10-12-23(31)24(32)15-21)28(36)19-35(41(3,38)39)25-17-22(30)11-13-27(25)40-2/h5-13,15,17,26H,4,14,16,18-19H2,1-3H3,(H,33,37). The summed E-state index contributed by atoms with van der Waals surface area (Å²) < 4.78 is 32.3. The fourth-order valence-corrected chi connectivity index (χ4v) is 5.54. The summed E-state index contributed by atoms with van der Waals surface area (Å²) in [7, 11) is -2.60. The van der Waals surface area contributed by atoms with Gasteiger partial charge in [-0.1, -0.05) is 78.1 Å². The number of carbonyl (C=O) groups is 2. The minimum Gasteiger partial charge on any atom is -0.495 e. The maximum absolute atomic E-state index is 14.1. The van der Waals surface area contributed by atoms with Gasteiger partial charge in [-0.2, -0.15) is 0 Å². The predicted molar refractivity (Wildman–Crippen MR) is 164 cm³/mol. The van der Waals surface area contributed by atoms with Crippen molar-refractivity contribution in [2.45, 2.75) is 32.4 Å². The SMILES string of the molecule is CCCNC(=O)C(Cc1ccccc1)N(Cc1ccc(Cl)c(Cl)c1)C(=O)CN(c1cc(Cl)ccc1OC)S(C)(=O)=O. The quantitative estimate of drug-likeness (QED) is 0.263. The number of benzene rings is 3. The smallest absolute Gasteiger partial charge is 0.244 e. The molecule has 12 heteroatoms. The third-order valence-electron chi connectivity index (χ3n) is 6.25. The summed E-state index contributed by atoms with van der Waals surface area (Å²) in [5.74, 6) is -0.767. The highest BCUT2D eigenvalue weighted by atomic mass is 35.5. The van der Waals surface area contributed by atoms with Crippen molar-refractivity contribution >= 4 is 62.3 Å². The molecule has 0 aromatic heterocycles. The van der Waals surface area contributed by atoms with Gasteiger partial charge in [-0.25, -0.2) is 8.42 Å². The minimum atomic E-state index is -3.99. The van der Waals surface area contributed by atoms with Gasteiger partial charge >= 0.3 is 0 Å². The summed E-state index contributed by atoms with van der Waals surface area (Å²) >= 11 is 18.6. The largest absolute Gasteiger partial charge is 0.495 e. The van der Waals surface area contributed by atoms with Crippen LogP contribution >= 0.6 is 34.8 Å². The summed E-state index contributed by atoms with van der Waals surface area (Å²) in [5, 5.41) is 3.77. The molecular formula is C29H32Cl3N3O5S. The summed E-state index contributed by atoms with van der Waals surface area (Å²) in [6, 6.07) is 17.7. The fraction of sp³-hybridized carbons (Fsp3) is 0.310. The molecule has 0 aliphatic heterocycles. The van der Waals surface area contributed by atoms with Crippen LogP contribution in [-0.2, 0) is 32.6 Å². The van der Waals surface area contributed by atoms with Crippen molar-refractivity contribution in [1.29, 1.82) is 0 Å². The van der Waals surface area contributed by atoms with Crippen molar-refractivity contribution in [3.8, 4) is 5.75 Å². The van der Waals surface area contributed by atoms with Crippen LogP contribution in [0.5, 0.6) is 5.75 Å². The van der Waals surface area contributed by atoms with E-state index in [1.807, 2.05) is 37.3 Å². The molecule has 41 heavy (non-hydrogen) atoms. The molecule has 1 unspecified atom stereocenters.